The van der Waals surface area contributed by atoms with E-state index in [-0.39, 0.29) is 0 Å². The summed E-state index contributed by atoms with van der Waals surface area (Å²) in [6.07, 6.45) is -10.1. The third-order valence-corrected chi connectivity index (χ3v) is 2.58. The second-order valence-corrected chi connectivity index (χ2v) is 4.38. The summed E-state index contributed by atoms with van der Waals surface area (Å²) in [5.41, 5.74) is 1.30. The number of nitrogens with one attached hydrogen (secondary N) is 2. The maximum Gasteiger partial charge on any atom is 0.614 e. The molecular weight excluding hydrogens is 400 g/mol. The van der Waals surface area contributed by atoms with E-state index in [9.17, 15) is 64.9 Å². The zero-order valence-electron chi connectivity index (χ0n) is 11.8. The number of hydrogen-bond donors (Lipinski definition) is 2. The Kier molecular flexibility index (Phi) is 6.42. The zero-order valence-corrected chi connectivity index (χ0v) is 11.8. The van der Waals surface area contributed by atoms with Gasteiger partial charge >= 0.3 is 29.8 Å². The van der Waals surface area contributed by atoms with Gasteiger partial charge in [-0.3, -0.25) is 40.7 Å². The van der Waals surface area contributed by atoms with Gasteiger partial charge in [-0.05, 0) is 0 Å². The molecule has 0 fully saturated rings. The monoisotopic (exact) mass is 406 g/mol. The molecular formula is C8H6F8N4O6. The predicted octanol–water partition coefficient (Wildman–Crippen LogP) is 0.924. The second kappa shape index (κ2) is 7.20. The molecule has 2 amide bonds. The number of alkyl halides is 8. The first-order valence-electron chi connectivity index (χ1n) is 5.80. The maximum atomic E-state index is 13.3. The van der Waals surface area contributed by atoms with Gasteiger partial charge in [0.15, 0.2) is 0 Å². The van der Waals surface area contributed by atoms with Crippen molar-refractivity contribution in [2.45, 2.75) is 36.8 Å². The van der Waals surface area contributed by atoms with E-state index >= 15 is 0 Å². The Balaban J connectivity index is 4.91. The van der Waals surface area contributed by atoms with Gasteiger partial charge in [-0.15, -0.1) is 0 Å². The molecule has 0 bridgehead atoms. The van der Waals surface area contributed by atoms with Crippen molar-refractivity contribution >= 4 is 11.8 Å². The molecule has 0 aromatic rings. The van der Waals surface area contributed by atoms with Gasteiger partial charge in [0.1, 0.15) is 16.3 Å². The van der Waals surface area contributed by atoms with Gasteiger partial charge in [0.05, 0.1) is 0 Å². The summed E-state index contributed by atoms with van der Waals surface area (Å²) < 4.78 is 99.5. The van der Waals surface area contributed by atoms with Crippen LogP contribution in [-0.4, -0.2) is 45.6 Å². The molecule has 2 N–H and O–H groups in total. The Morgan fingerprint density at radius 3 is 1.62 bits per heavy atom. The molecule has 0 aliphatic heterocycles. The fourth-order valence-electron chi connectivity index (χ4n) is 1.11. The van der Waals surface area contributed by atoms with Crippen molar-refractivity contribution in [1.82, 2.24) is 10.9 Å². The molecule has 0 spiro atoms. The van der Waals surface area contributed by atoms with Crippen LogP contribution in [0, 0.1) is 20.2 Å². The summed E-state index contributed by atoms with van der Waals surface area (Å²) in [6.45, 7) is 0. The van der Waals surface area contributed by atoms with Crippen LogP contribution in [-0.2, 0) is 9.59 Å². The van der Waals surface area contributed by atoms with Crippen molar-refractivity contribution in [3.8, 4) is 0 Å². The lowest BCUT2D eigenvalue weighted by molar-refractivity contribution is -0.832. The summed E-state index contributed by atoms with van der Waals surface area (Å²) in [5.74, 6) is -22.7. The molecule has 0 radical (unpaired) electrons. The molecule has 0 unspecified atom stereocenters. The molecule has 18 heteroatoms. The molecule has 0 saturated heterocycles. The minimum Gasteiger partial charge on any atom is -0.273 e. The number of carbonyl (C=O) groups excluding carboxylic acids is 2. The largest absolute Gasteiger partial charge is 0.614 e. The minimum absolute atomic E-state index is 0.465. The van der Waals surface area contributed by atoms with Crippen LogP contribution < -0.4 is 10.9 Å². The molecule has 0 rings (SSSR count). The summed E-state index contributed by atoms with van der Waals surface area (Å²) in [5, 5.41) is 20.4. The third kappa shape index (κ3) is 4.42. The van der Waals surface area contributed by atoms with E-state index in [1.807, 2.05) is 0 Å². The molecule has 0 heterocycles. The molecule has 0 aromatic carbocycles. The summed E-state index contributed by atoms with van der Waals surface area (Å²) in [7, 11) is 0. The van der Waals surface area contributed by atoms with E-state index in [0.29, 0.717) is 5.43 Å². The Labute approximate surface area is 135 Å². The fraction of sp³-hybridized carbons (Fsp3) is 0.750. The van der Waals surface area contributed by atoms with Crippen LogP contribution in [0.1, 0.15) is 12.8 Å². The number of carbonyl (C=O) groups is 2. The quantitative estimate of drug-likeness (QED) is 0.212. The van der Waals surface area contributed by atoms with Crippen LogP contribution in [0.5, 0.6) is 0 Å². The fourth-order valence-corrected chi connectivity index (χ4v) is 1.11. The lowest BCUT2D eigenvalue weighted by Gasteiger charge is -2.26. The summed E-state index contributed by atoms with van der Waals surface area (Å²) in [4.78, 5) is 38.0. The Hall–Kier alpha value is -2.82. The second-order valence-electron chi connectivity index (χ2n) is 4.38. The van der Waals surface area contributed by atoms with E-state index in [4.69, 9.17) is 0 Å². The third-order valence-electron chi connectivity index (χ3n) is 2.58. The van der Waals surface area contributed by atoms with Gasteiger partial charge in [0.25, 0.3) is 0 Å². The number of amides is 2. The molecule has 0 aromatic heterocycles. The van der Waals surface area contributed by atoms with Crippen molar-refractivity contribution in [1.29, 1.82) is 0 Å². The van der Waals surface area contributed by atoms with Crippen LogP contribution in [0.2, 0.25) is 0 Å². The van der Waals surface area contributed by atoms with Crippen LogP contribution in [0.3, 0.4) is 0 Å². The van der Waals surface area contributed by atoms with E-state index in [2.05, 4.69) is 0 Å². The Morgan fingerprint density at radius 1 is 0.846 bits per heavy atom. The molecule has 0 aliphatic rings. The number of hydrogen-bond acceptors (Lipinski definition) is 6. The van der Waals surface area contributed by atoms with Gasteiger partial charge in [0.2, 0.25) is 5.91 Å². The SMILES string of the molecule is O=C(CCC(F)([N+](=O)[O-])[N+](=O)[O-])NNC(=O)C(F)(F)C(F)(F)C(F)(F)F. The number of halogens is 8. The molecule has 150 valence electrons. The normalized spacial score (nSPS) is 13.1. The lowest BCUT2D eigenvalue weighted by atomic mass is 10.1. The highest BCUT2D eigenvalue weighted by atomic mass is 19.4. The van der Waals surface area contributed by atoms with Crippen molar-refractivity contribution in [2.24, 2.45) is 0 Å². The van der Waals surface area contributed by atoms with Gasteiger partial charge < -0.3 is 0 Å². The standard InChI is InChI=1S/C8H6F8N4O6/c9-5(19(23)24,20(25)26)2-1-3(21)17-18-4(22)6(10,11)7(12,13)8(14,15)16/h1-2H2,(H,17,21)(H,18,22). The first kappa shape index (κ1) is 23.2. The van der Waals surface area contributed by atoms with Crippen molar-refractivity contribution < 1.29 is 54.6 Å². The van der Waals surface area contributed by atoms with Gasteiger partial charge in [-0.25, -0.2) is 0 Å². The molecule has 0 saturated carbocycles. The molecule has 0 atom stereocenters. The number of hydrazine groups is 1. The van der Waals surface area contributed by atoms with Crippen LogP contribution in [0.4, 0.5) is 35.1 Å². The topological polar surface area (TPSA) is 144 Å². The molecule has 10 nitrogen and oxygen atoms in total. The van der Waals surface area contributed by atoms with Crippen LogP contribution in [0.25, 0.3) is 0 Å². The van der Waals surface area contributed by atoms with Crippen LogP contribution >= 0.6 is 0 Å². The van der Waals surface area contributed by atoms with E-state index in [0.717, 1.165) is 5.43 Å². The highest BCUT2D eigenvalue weighted by molar-refractivity contribution is 5.87. The van der Waals surface area contributed by atoms with E-state index in [1.165, 1.54) is 0 Å². The van der Waals surface area contributed by atoms with Crippen LogP contribution in [0.15, 0.2) is 0 Å². The molecule has 0 aliphatic carbocycles. The van der Waals surface area contributed by atoms with E-state index in [1.54, 1.807) is 0 Å². The average Bonchev–Trinajstić information content (AvgIpc) is 2.48. The summed E-state index contributed by atoms with van der Waals surface area (Å²) in [6, 6.07) is 0. The Bertz CT molecular complexity index is 594. The first-order valence-corrected chi connectivity index (χ1v) is 5.80. The van der Waals surface area contributed by atoms with E-state index < -0.39 is 58.4 Å². The first-order chi connectivity index (χ1) is 11.4. The highest BCUT2D eigenvalue weighted by Crippen LogP contribution is 2.46. The summed E-state index contributed by atoms with van der Waals surface area (Å²) >= 11 is 0. The number of nitrogens with zero attached hydrogens (tertiary/aromatic N) is 2. The average molecular weight is 406 g/mol. The highest BCUT2D eigenvalue weighted by Gasteiger charge is 2.76. The van der Waals surface area contributed by atoms with Crippen molar-refractivity contribution in [3.63, 3.8) is 0 Å². The van der Waals surface area contributed by atoms with Crippen molar-refractivity contribution in [3.05, 3.63) is 20.2 Å². The van der Waals surface area contributed by atoms with Gasteiger partial charge in [0, 0.05) is 6.42 Å². The van der Waals surface area contributed by atoms with Gasteiger partial charge in [-0.1, -0.05) is 4.39 Å². The predicted molar refractivity (Wildman–Crippen MR) is 59.3 cm³/mol. The number of nitro groups is 2. The smallest absolute Gasteiger partial charge is 0.273 e. The Morgan fingerprint density at radius 2 is 1.27 bits per heavy atom. The van der Waals surface area contributed by atoms with Gasteiger partial charge in [-0.2, -0.15) is 30.7 Å². The maximum absolute atomic E-state index is 13.3. The minimum atomic E-state index is -6.83. The van der Waals surface area contributed by atoms with Crippen molar-refractivity contribution in [2.75, 3.05) is 0 Å². The number of rotatable bonds is 7. The molecule has 26 heavy (non-hydrogen) atoms. The zero-order chi connectivity index (χ0) is 21.1. The lowest BCUT2D eigenvalue weighted by Crippen LogP contribution is -2.61.